The number of amides is 1. The van der Waals surface area contributed by atoms with Crippen LogP contribution in [0.15, 0.2) is 42.7 Å². The van der Waals surface area contributed by atoms with Gasteiger partial charge in [0.05, 0.1) is 17.5 Å². The van der Waals surface area contributed by atoms with E-state index in [9.17, 15) is 31.9 Å². The van der Waals surface area contributed by atoms with Crippen molar-refractivity contribution in [3.63, 3.8) is 0 Å². The van der Waals surface area contributed by atoms with E-state index >= 15 is 0 Å². The molecule has 2 fully saturated rings. The first-order chi connectivity index (χ1) is 19.2. The Hall–Kier alpha value is -3.38. The fourth-order valence-corrected chi connectivity index (χ4v) is 6.56. The molecule has 6 rings (SSSR count). The minimum Gasteiger partial charge on any atom is -0.384 e. The lowest BCUT2D eigenvalue weighted by Crippen LogP contribution is -2.60. The molecule has 0 radical (unpaired) electrons. The van der Waals surface area contributed by atoms with E-state index in [1.165, 1.54) is 17.3 Å². The Morgan fingerprint density at radius 3 is 2.46 bits per heavy atom. The molecule has 41 heavy (non-hydrogen) atoms. The number of hydrogen-bond acceptors (Lipinski definition) is 5. The first-order valence-electron chi connectivity index (χ1n) is 13.5. The van der Waals surface area contributed by atoms with Gasteiger partial charge >= 0.3 is 6.18 Å². The quantitative estimate of drug-likeness (QED) is 0.383. The predicted molar refractivity (Wildman–Crippen MR) is 139 cm³/mol. The van der Waals surface area contributed by atoms with E-state index in [4.69, 9.17) is 0 Å². The van der Waals surface area contributed by atoms with Crippen molar-refractivity contribution in [2.75, 3.05) is 4.90 Å². The first kappa shape index (κ1) is 27.8. The third-order valence-corrected chi connectivity index (χ3v) is 9.06. The lowest BCUT2D eigenvalue weighted by Gasteiger charge is -2.52. The van der Waals surface area contributed by atoms with Gasteiger partial charge < -0.3 is 19.9 Å². The van der Waals surface area contributed by atoms with Gasteiger partial charge in [0.1, 0.15) is 17.8 Å². The molecular weight excluding hydrogens is 545 g/mol. The zero-order valence-electron chi connectivity index (χ0n) is 22.6. The fourth-order valence-electron chi connectivity index (χ4n) is 6.56. The molecule has 2 aromatic carbocycles. The van der Waals surface area contributed by atoms with Crippen LogP contribution in [-0.2, 0) is 31.7 Å². The van der Waals surface area contributed by atoms with E-state index in [0.29, 0.717) is 22.6 Å². The summed E-state index contributed by atoms with van der Waals surface area (Å²) in [6.07, 6.45) is -3.90. The van der Waals surface area contributed by atoms with Gasteiger partial charge in [0.2, 0.25) is 0 Å². The number of fused-ring (bicyclic) bond motifs is 1. The SMILES string of the molecule is Cn1cnnc1C1(c2cccc(N3Cc4c(cc(CNC5(C)CCC5)cc4C(F)(F)F)C3=O)c2)CC(O)(C(F)F)C1. The highest BCUT2D eigenvalue weighted by Gasteiger charge is 2.62. The second-order valence-corrected chi connectivity index (χ2v) is 12.0. The Labute approximate surface area is 233 Å². The number of nitrogens with one attached hydrogen (secondary N) is 1. The molecule has 1 amide bonds. The van der Waals surface area contributed by atoms with E-state index in [1.54, 1.807) is 35.9 Å². The van der Waals surface area contributed by atoms with Crippen LogP contribution in [0.25, 0.3) is 0 Å². The molecule has 0 unspecified atom stereocenters. The third kappa shape index (κ3) is 4.51. The number of aryl methyl sites for hydroxylation is 1. The molecule has 0 saturated heterocycles. The largest absolute Gasteiger partial charge is 0.416 e. The molecule has 7 nitrogen and oxygen atoms in total. The van der Waals surface area contributed by atoms with Gasteiger partial charge in [-0.25, -0.2) is 8.78 Å². The minimum absolute atomic E-state index is 0.000440. The van der Waals surface area contributed by atoms with Crippen LogP contribution in [0.5, 0.6) is 0 Å². The van der Waals surface area contributed by atoms with Crippen LogP contribution in [0, 0.1) is 0 Å². The summed E-state index contributed by atoms with van der Waals surface area (Å²) >= 11 is 0. The van der Waals surface area contributed by atoms with Gasteiger partial charge in [0.25, 0.3) is 12.3 Å². The molecule has 12 heteroatoms. The van der Waals surface area contributed by atoms with Crippen molar-refractivity contribution in [1.82, 2.24) is 20.1 Å². The number of aromatic nitrogens is 3. The number of carbonyl (C=O) groups excluding carboxylic acids is 1. The van der Waals surface area contributed by atoms with Gasteiger partial charge in [-0.15, -0.1) is 10.2 Å². The van der Waals surface area contributed by atoms with Gasteiger partial charge in [-0.3, -0.25) is 4.79 Å². The Balaban J connectivity index is 1.35. The summed E-state index contributed by atoms with van der Waals surface area (Å²) in [5.74, 6) is -0.197. The molecule has 0 spiro atoms. The molecule has 3 aliphatic rings. The van der Waals surface area contributed by atoms with E-state index < -0.39 is 35.1 Å². The zero-order valence-corrected chi connectivity index (χ0v) is 22.6. The summed E-state index contributed by atoms with van der Waals surface area (Å²) in [5.41, 5.74) is -3.17. The van der Waals surface area contributed by atoms with E-state index in [2.05, 4.69) is 15.5 Å². The normalized spacial score (nSPS) is 25.3. The molecule has 1 aliphatic heterocycles. The van der Waals surface area contributed by atoms with Crippen molar-refractivity contribution in [2.24, 2.45) is 7.05 Å². The standard InChI is InChI=1S/C29H30F5N5O2/c1-26(7-4-8-26)35-12-17-9-20-21(22(10-17)29(32,33)34)13-39(23(20)40)19-6-3-5-18(11-19)27(25-37-36-16-38(25)2)14-28(41,15-27)24(30)31/h3,5-6,9-11,16,24,35,41H,4,7-8,12-15H2,1-2H3. The average Bonchev–Trinajstić information content (AvgIpc) is 3.46. The highest BCUT2D eigenvalue weighted by Crippen LogP contribution is 2.56. The second kappa shape index (κ2) is 9.32. The first-order valence-corrected chi connectivity index (χ1v) is 13.5. The molecule has 2 heterocycles. The summed E-state index contributed by atoms with van der Waals surface area (Å²) in [4.78, 5) is 14.9. The lowest BCUT2D eigenvalue weighted by atomic mass is 9.55. The second-order valence-electron chi connectivity index (χ2n) is 12.0. The predicted octanol–water partition coefficient (Wildman–Crippen LogP) is 5.10. The van der Waals surface area contributed by atoms with Crippen LogP contribution in [0.3, 0.4) is 0 Å². The summed E-state index contributed by atoms with van der Waals surface area (Å²) in [6, 6.07) is 9.16. The number of benzene rings is 2. The Morgan fingerprint density at radius 1 is 1.15 bits per heavy atom. The molecule has 1 aromatic heterocycles. The number of halogens is 5. The Morgan fingerprint density at radius 2 is 1.88 bits per heavy atom. The van der Waals surface area contributed by atoms with E-state index in [-0.39, 0.29) is 42.6 Å². The van der Waals surface area contributed by atoms with Crippen molar-refractivity contribution in [1.29, 1.82) is 0 Å². The van der Waals surface area contributed by atoms with Gasteiger partial charge in [0.15, 0.2) is 0 Å². The van der Waals surface area contributed by atoms with Crippen LogP contribution in [0.2, 0.25) is 0 Å². The molecule has 2 saturated carbocycles. The van der Waals surface area contributed by atoms with E-state index in [1.807, 2.05) is 6.92 Å². The van der Waals surface area contributed by atoms with Crippen molar-refractivity contribution < 1.29 is 31.9 Å². The summed E-state index contributed by atoms with van der Waals surface area (Å²) in [5, 5.41) is 21.8. The highest BCUT2D eigenvalue weighted by atomic mass is 19.4. The molecule has 3 aromatic rings. The van der Waals surface area contributed by atoms with Crippen molar-refractivity contribution in [3.8, 4) is 0 Å². The molecule has 0 atom stereocenters. The minimum atomic E-state index is -4.65. The van der Waals surface area contributed by atoms with Crippen LogP contribution in [0.1, 0.15) is 77.5 Å². The molecule has 2 N–H and O–H groups in total. The number of aliphatic hydroxyl groups is 1. The van der Waals surface area contributed by atoms with Crippen molar-refractivity contribution in [2.45, 2.75) is 81.3 Å². The number of alkyl halides is 5. The van der Waals surface area contributed by atoms with Crippen molar-refractivity contribution >= 4 is 11.6 Å². The fraction of sp³-hybridized carbons (Fsp3) is 0.483. The Kier molecular flexibility index (Phi) is 6.31. The number of rotatable bonds is 7. The maximum absolute atomic E-state index is 14.2. The molecule has 218 valence electrons. The summed E-state index contributed by atoms with van der Waals surface area (Å²) in [7, 11) is 1.66. The maximum atomic E-state index is 14.2. The maximum Gasteiger partial charge on any atom is 0.416 e. The highest BCUT2D eigenvalue weighted by molar-refractivity contribution is 6.10. The monoisotopic (exact) mass is 575 g/mol. The van der Waals surface area contributed by atoms with Crippen molar-refractivity contribution in [3.05, 3.63) is 76.4 Å². The lowest BCUT2D eigenvalue weighted by molar-refractivity contribution is -0.172. The molecule has 2 aliphatic carbocycles. The average molecular weight is 576 g/mol. The third-order valence-electron chi connectivity index (χ3n) is 9.06. The summed E-state index contributed by atoms with van der Waals surface area (Å²) < 4.78 is 71.5. The number of hydrogen-bond donors (Lipinski definition) is 2. The summed E-state index contributed by atoms with van der Waals surface area (Å²) in [6.45, 7) is 1.96. The van der Waals surface area contributed by atoms with Gasteiger partial charge in [0, 0.05) is 30.4 Å². The number of carbonyl (C=O) groups is 1. The van der Waals surface area contributed by atoms with Gasteiger partial charge in [-0.05, 0) is 80.0 Å². The van der Waals surface area contributed by atoms with Gasteiger partial charge in [-0.1, -0.05) is 12.1 Å². The number of nitrogens with zero attached hydrogens (tertiary/aromatic N) is 4. The molecular formula is C29H30F5N5O2. The van der Waals surface area contributed by atoms with Crippen LogP contribution in [0.4, 0.5) is 27.6 Å². The van der Waals surface area contributed by atoms with Crippen LogP contribution < -0.4 is 10.2 Å². The zero-order chi connectivity index (χ0) is 29.4. The van der Waals surface area contributed by atoms with Crippen LogP contribution in [-0.4, -0.2) is 43.3 Å². The topological polar surface area (TPSA) is 83.3 Å². The molecule has 0 bridgehead atoms. The van der Waals surface area contributed by atoms with E-state index in [0.717, 1.165) is 25.3 Å². The number of anilines is 1. The van der Waals surface area contributed by atoms with Crippen LogP contribution >= 0.6 is 0 Å². The Bertz CT molecular complexity index is 1510. The van der Waals surface area contributed by atoms with Gasteiger partial charge in [-0.2, -0.15) is 13.2 Å². The smallest absolute Gasteiger partial charge is 0.384 e.